The number of benzene rings is 1. The minimum atomic E-state index is -0.217. The first-order valence-electron chi connectivity index (χ1n) is 7.33. The van der Waals surface area contributed by atoms with Crippen LogP contribution >= 0.6 is 0 Å². The molecule has 2 aromatic rings. The molecule has 0 spiro atoms. The molecule has 1 aliphatic heterocycles. The van der Waals surface area contributed by atoms with Crippen LogP contribution in [0.2, 0.25) is 0 Å². The first-order valence-corrected chi connectivity index (χ1v) is 7.33. The lowest BCUT2D eigenvalue weighted by atomic mass is 10.1. The van der Waals surface area contributed by atoms with Crippen molar-refractivity contribution < 1.29 is 4.39 Å². The molecule has 1 aliphatic rings. The normalized spacial score (nSPS) is 15.9. The Labute approximate surface area is 123 Å². The molecule has 1 aromatic heterocycles. The second kappa shape index (κ2) is 6.63. The Balaban J connectivity index is 1.73. The van der Waals surface area contributed by atoms with E-state index in [4.69, 9.17) is 0 Å². The van der Waals surface area contributed by atoms with Crippen molar-refractivity contribution in [1.82, 2.24) is 15.3 Å². The Morgan fingerprint density at radius 2 is 1.81 bits per heavy atom. The first-order chi connectivity index (χ1) is 10.3. The summed E-state index contributed by atoms with van der Waals surface area (Å²) in [6.07, 6.45) is 6.24. The second-order valence-electron chi connectivity index (χ2n) is 5.32. The topological polar surface area (TPSA) is 49.8 Å². The number of hydrogen-bond acceptors (Lipinski definition) is 4. The van der Waals surface area contributed by atoms with Crippen molar-refractivity contribution in [2.45, 2.75) is 25.3 Å². The Bertz CT molecular complexity index is 579. The molecule has 1 fully saturated rings. The number of hydrogen-bond donors (Lipinski definition) is 2. The smallest absolute Gasteiger partial charge is 0.148 e. The number of nitrogens with one attached hydrogen (secondary N) is 2. The third kappa shape index (κ3) is 3.76. The van der Waals surface area contributed by atoms with Crippen molar-refractivity contribution >= 4 is 5.82 Å². The van der Waals surface area contributed by atoms with Gasteiger partial charge in [0.2, 0.25) is 0 Å². The van der Waals surface area contributed by atoms with Crippen LogP contribution in [-0.4, -0.2) is 29.1 Å². The molecule has 0 aliphatic carbocycles. The van der Waals surface area contributed by atoms with E-state index < -0.39 is 0 Å². The monoisotopic (exact) mass is 286 g/mol. The lowest BCUT2D eigenvalue weighted by Crippen LogP contribution is -2.35. The molecule has 4 nitrogen and oxygen atoms in total. The van der Waals surface area contributed by atoms with Crippen molar-refractivity contribution in [1.29, 1.82) is 0 Å². The van der Waals surface area contributed by atoms with Gasteiger partial charge in [0.05, 0.1) is 5.69 Å². The van der Waals surface area contributed by atoms with Gasteiger partial charge in [0.15, 0.2) is 0 Å². The van der Waals surface area contributed by atoms with E-state index in [0.717, 1.165) is 43.0 Å². The number of rotatable bonds is 4. The van der Waals surface area contributed by atoms with Gasteiger partial charge in [0, 0.05) is 24.9 Å². The molecule has 21 heavy (non-hydrogen) atoms. The fraction of sp³-hybridized carbons (Fsp3) is 0.375. The summed E-state index contributed by atoms with van der Waals surface area (Å²) in [7, 11) is 0. The molecular formula is C16H19FN4. The number of piperidine rings is 1. The lowest BCUT2D eigenvalue weighted by molar-refractivity contribution is 0.478. The zero-order valence-electron chi connectivity index (χ0n) is 11.8. The molecule has 0 unspecified atom stereocenters. The summed E-state index contributed by atoms with van der Waals surface area (Å²) >= 11 is 0. The van der Waals surface area contributed by atoms with Crippen molar-refractivity contribution in [3.63, 3.8) is 0 Å². The molecule has 0 amide bonds. The third-order valence-corrected chi connectivity index (χ3v) is 3.74. The Kier molecular flexibility index (Phi) is 4.40. The summed E-state index contributed by atoms with van der Waals surface area (Å²) in [5.41, 5.74) is 1.94. The Hall–Kier alpha value is -2.01. The maximum atomic E-state index is 13.0. The Morgan fingerprint density at radius 3 is 2.57 bits per heavy atom. The number of nitrogens with zero attached hydrogens (tertiary/aromatic N) is 2. The lowest BCUT2D eigenvalue weighted by Gasteiger charge is -2.24. The highest BCUT2D eigenvalue weighted by Gasteiger charge is 2.15. The van der Waals surface area contributed by atoms with Gasteiger partial charge in [-0.25, -0.2) is 9.37 Å². The van der Waals surface area contributed by atoms with Crippen molar-refractivity contribution in [3.8, 4) is 0 Å². The standard InChI is InChI=1S/C16H19FN4/c17-13-3-1-12(2-4-13)11-15-16(20-10-9-19-15)21-14-5-7-18-8-6-14/h1-4,9-10,14,18H,5-8,11H2,(H,20,21). The quantitative estimate of drug-likeness (QED) is 0.906. The van der Waals surface area contributed by atoms with E-state index in [1.807, 2.05) is 0 Å². The molecule has 2 N–H and O–H groups in total. The summed E-state index contributed by atoms with van der Waals surface area (Å²) in [6.45, 7) is 2.07. The molecule has 3 rings (SSSR count). The first kappa shape index (κ1) is 13.9. The molecular weight excluding hydrogens is 267 g/mol. The maximum Gasteiger partial charge on any atom is 0.148 e. The van der Waals surface area contributed by atoms with Crippen molar-refractivity contribution in [2.24, 2.45) is 0 Å². The van der Waals surface area contributed by atoms with Crippen LogP contribution < -0.4 is 10.6 Å². The van der Waals surface area contributed by atoms with Gasteiger partial charge < -0.3 is 10.6 Å². The number of halogens is 1. The SMILES string of the molecule is Fc1ccc(Cc2nccnc2NC2CCNCC2)cc1. The minimum absolute atomic E-state index is 0.217. The van der Waals surface area contributed by atoms with E-state index >= 15 is 0 Å². The zero-order chi connectivity index (χ0) is 14.5. The molecule has 2 heterocycles. The van der Waals surface area contributed by atoms with Gasteiger partial charge in [-0.2, -0.15) is 0 Å². The van der Waals surface area contributed by atoms with E-state index in [1.165, 1.54) is 12.1 Å². The van der Waals surface area contributed by atoms with E-state index in [-0.39, 0.29) is 5.82 Å². The average Bonchev–Trinajstić information content (AvgIpc) is 2.52. The van der Waals surface area contributed by atoms with Crippen LogP contribution in [0.3, 0.4) is 0 Å². The van der Waals surface area contributed by atoms with Crippen LogP contribution in [0.4, 0.5) is 10.2 Å². The van der Waals surface area contributed by atoms with Crippen molar-refractivity contribution in [3.05, 3.63) is 53.7 Å². The zero-order valence-corrected chi connectivity index (χ0v) is 11.8. The predicted octanol–water partition coefficient (Wildman–Crippen LogP) is 2.37. The summed E-state index contributed by atoms with van der Waals surface area (Å²) in [5.74, 6) is 0.625. The van der Waals surface area contributed by atoms with Gasteiger partial charge in [0.1, 0.15) is 11.6 Å². The molecule has 5 heteroatoms. The molecule has 0 saturated carbocycles. The molecule has 1 saturated heterocycles. The third-order valence-electron chi connectivity index (χ3n) is 3.74. The molecule has 0 radical (unpaired) electrons. The fourth-order valence-corrected chi connectivity index (χ4v) is 2.57. The van der Waals surface area contributed by atoms with Crippen molar-refractivity contribution in [2.75, 3.05) is 18.4 Å². The van der Waals surface area contributed by atoms with Gasteiger partial charge in [0.25, 0.3) is 0 Å². The highest BCUT2D eigenvalue weighted by molar-refractivity contribution is 5.43. The molecule has 1 aromatic carbocycles. The van der Waals surface area contributed by atoms with Crippen LogP contribution in [0.1, 0.15) is 24.1 Å². The largest absolute Gasteiger partial charge is 0.366 e. The second-order valence-corrected chi connectivity index (χ2v) is 5.32. The highest BCUT2D eigenvalue weighted by atomic mass is 19.1. The Morgan fingerprint density at radius 1 is 1.10 bits per heavy atom. The van der Waals surface area contributed by atoms with E-state index in [2.05, 4.69) is 20.6 Å². The fourth-order valence-electron chi connectivity index (χ4n) is 2.57. The van der Waals surface area contributed by atoms with Crippen LogP contribution in [0.15, 0.2) is 36.7 Å². The van der Waals surface area contributed by atoms with E-state index in [1.54, 1.807) is 24.5 Å². The maximum absolute atomic E-state index is 13.0. The average molecular weight is 286 g/mol. The highest BCUT2D eigenvalue weighted by Crippen LogP contribution is 2.17. The van der Waals surface area contributed by atoms with Crippen LogP contribution in [0.5, 0.6) is 0 Å². The van der Waals surface area contributed by atoms with Gasteiger partial charge in [-0.3, -0.25) is 4.98 Å². The molecule has 110 valence electrons. The van der Waals surface area contributed by atoms with Gasteiger partial charge in [-0.05, 0) is 43.6 Å². The number of aromatic nitrogens is 2. The van der Waals surface area contributed by atoms with Crippen LogP contribution in [0.25, 0.3) is 0 Å². The summed E-state index contributed by atoms with van der Waals surface area (Å²) in [6, 6.07) is 6.98. The van der Waals surface area contributed by atoms with Gasteiger partial charge in [-0.15, -0.1) is 0 Å². The minimum Gasteiger partial charge on any atom is -0.366 e. The van der Waals surface area contributed by atoms with Crippen LogP contribution in [-0.2, 0) is 6.42 Å². The van der Waals surface area contributed by atoms with E-state index in [0.29, 0.717) is 12.5 Å². The summed E-state index contributed by atoms with van der Waals surface area (Å²) < 4.78 is 13.0. The molecule has 0 bridgehead atoms. The van der Waals surface area contributed by atoms with E-state index in [9.17, 15) is 4.39 Å². The predicted molar refractivity (Wildman–Crippen MR) is 80.8 cm³/mol. The summed E-state index contributed by atoms with van der Waals surface area (Å²) in [5, 5.41) is 6.84. The van der Waals surface area contributed by atoms with Crippen LogP contribution in [0, 0.1) is 5.82 Å². The number of anilines is 1. The van der Waals surface area contributed by atoms with Gasteiger partial charge in [-0.1, -0.05) is 12.1 Å². The molecule has 0 atom stereocenters. The van der Waals surface area contributed by atoms with Gasteiger partial charge >= 0.3 is 0 Å². The summed E-state index contributed by atoms with van der Waals surface area (Å²) in [4.78, 5) is 8.85.